The SMILES string of the molecule is COc1ccc(Oc2ccc(N=Cc3ccc(Cl)c([N+](=O)[O-])c3)cc2)cc1. The lowest BCUT2D eigenvalue weighted by Gasteiger charge is -2.06. The lowest BCUT2D eigenvalue weighted by Crippen LogP contribution is -1.91. The Morgan fingerprint density at radius 2 is 1.56 bits per heavy atom. The van der Waals surface area contributed by atoms with Crippen LogP contribution in [-0.2, 0) is 0 Å². The first-order valence-electron chi connectivity index (χ1n) is 7.95. The van der Waals surface area contributed by atoms with Crippen LogP contribution in [0.3, 0.4) is 0 Å². The van der Waals surface area contributed by atoms with Crippen molar-refractivity contribution in [2.45, 2.75) is 0 Å². The highest BCUT2D eigenvalue weighted by Crippen LogP contribution is 2.27. The predicted octanol–water partition coefficient (Wildman–Crippen LogP) is 5.80. The van der Waals surface area contributed by atoms with Crippen molar-refractivity contribution in [1.82, 2.24) is 0 Å². The minimum absolute atomic E-state index is 0.0946. The number of rotatable bonds is 6. The Morgan fingerprint density at radius 3 is 2.15 bits per heavy atom. The molecule has 0 amide bonds. The molecule has 136 valence electrons. The van der Waals surface area contributed by atoms with Crippen LogP contribution in [-0.4, -0.2) is 18.2 Å². The largest absolute Gasteiger partial charge is 0.497 e. The van der Waals surface area contributed by atoms with E-state index in [4.69, 9.17) is 21.1 Å². The Bertz CT molecular complexity index is 970. The molecule has 0 bridgehead atoms. The Hall–Kier alpha value is -3.38. The summed E-state index contributed by atoms with van der Waals surface area (Å²) >= 11 is 5.80. The van der Waals surface area contributed by atoms with Gasteiger partial charge in [-0.1, -0.05) is 17.7 Å². The normalized spacial score (nSPS) is 10.7. The van der Waals surface area contributed by atoms with Gasteiger partial charge in [0.2, 0.25) is 0 Å². The second-order valence-corrected chi connectivity index (χ2v) is 5.90. The molecule has 0 atom stereocenters. The van der Waals surface area contributed by atoms with Crippen LogP contribution < -0.4 is 9.47 Å². The summed E-state index contributed by atoms with van der Waals surface area (Å²) in [5.74, 6) is 2.12. The van der Waals surface area contributed by atoms with Gasteiger partial charge in [-0.2, -0.15) is 0 Å². The van der Waals surface area contributed by atoms with E-state index in [9.17, 15) is 10.1 Å². The molecular weight excluding hydrogens is 368 g/mol. The standard InChI is InChI=1S/C20H15ClN2O4/c1-26-16-7-9-18(10-8-16)27-17-5-3-15(4-6-17)22-13-14-2-11-19(21)20(12-14)23(24)25/h2-13H,1H3. The molecule has 3 aromatic carbocycles. The second-order valence-electron chi connectivity index (χ2n) is 5.50. The molecule has 6 nitrogen and oxygen atoms in total. The topological polar surface area (TPSA) is 74.0 Å². The Labute approximate surface area is 160 Å². The zero-order valence-corrected chi connectivity index (χ0v) is 15.1. The van der Waals surface area contributed by atoms with Crippen LogP contribution in [0.1, 0.15) is 5.56 Å². The highest BCUT2D eigenvalue weighted by atomic mass is 35.5. The van der Waals surface area contributed by atoms with Gasteiger partial charge in [-0.05, 0) is 60.2 Å². The van der Waals surface area contributed by atoms with Gasteiger partial charge >= 0.3 is 0 Å². The zero-order valence-electron chi connectivity index (χ0n) is 14.3. The number of benzene rings is 3. The molecule has 0 saturated carbocycles. The second kappa shape index (κ2) is 8.33. The quantitative estimate of drug-likeness (QED) is 0.307. The molecule has 0 saturated heterocycles. The van der Waals surface area contributed by atoms with Gasteiger partial charge in [0.25, 0.3) is 5.69 Å². The van der Waals surface area contributed by atoms with Crippen molar-refractivity contribution in [3.05, 3.63) is 87.4 Å². The molecule has 0 unspecified atom stereocenters. The molecule has 7 heteroatoms. The maximum atomic E-state index is 10.9. The van der Waals surface area contributed by atoms with Crippen LogP contribution in [0.15, 0.2) is 71.7 Å². The number of halogens is 1. The molecule has 27 heavy (non-hydrogen) atoms. The fraction of sp³-hybridized carbons (Fsp3) is 0.0500. The molecule has 0 N–H and O–H groups in total. The summed E-state index contributed by atoms with van der Waals surface area (Å²) in [6.07, 6.45) is 1.54. The van der Waals surface area contributed by atoms with Crippen LogP contribution in [0.2, 0.25) is 5.02 Å². The highest BCUT2D eigenvalue weighted by Gasteiger charge is 2.11. The molecule has 3 aromatic rings. The van der Waals surface area contributed by atoms with Crippen LogP contribution >= 0.6 is 11.6 Å². The third kappa shape index (κ3) is 4.83. The first-order valence-corrected chi connectivity index (χ1v) is 8.33. The Kier molecular flexibility index (Phi) is 5.68. The van der Waals surface area contributed by atoms with Crippen molar-refractivity contribution in [2.75, 3.05) is 7.11 Å². The third-order valence-corrected chi connectivity index (χ3v) is 3.98. The minimum atomic E-state index is -0.523. The summed E-state index contributed by atoms with van der Waals surface area (Å²) in [4.78, 5) is 14.7. The number of hydrogen-bond acceptors (Lipinski definition) is 5. The van der Waals surface area contributed by atoms with E-state index in [1.54, 1.807) is 43.7 Å². The average Bonchev–Trinajstić information content (AvgIpc) is 2.69. The van der Waals surface area contributed by atoms with Crippen LogP contribution in [0.25, 0.3) is 0 Å². The summed E-state index contributed by atoms with van der Waals surface area (Å²) in [5.41, 5.74) is 1.13. The van der Waals surface area contributed by atoms with Crippen molar-refractivity contribution in [2.24, 2.45) is 4.99 Å². The summed E-state index contributed by atoms with van der Waals surface area (Å²) in [6.45, 7) is 0. The first kappa shape index (κ1) is 18.4. The fourth-order valence-corrected chi connectivity index (χ4v) is 2.47. The highest BCUT2D eigenvalue weighted by molar-refractivity contribution is 6.32. The van der Waals surface area contributed by atoms with Gasteiger partial charge < -0.3 is 9.47 Å². The van der Waals surface area contributed by atoms with Crippen molar-refractivity contribution in [3.63, 3.8) is 0 Å². The Morgan fingerprint density at radius 1 is 0.963 bits per heavy atom. The van der Waals surface area contributed by atoms with Crippen molar-refractivity contribution in [3.8, 4) is 17.2 Å². The number of nitro benzene ring substituents is 1. The first-order chi connectivity index (χ1) is 13.0. The molecule has 0 aliphatic heterocycles. The molecule has 0 aliphatic rings. The number of aliphatic imine (C=N–C) groups is 1. The molecule has 0 aromatic heterocycles. The number of hydrogen-bond donors (Lipinski definition) is 0. The minimum Gasteiger partial charge on any atom is -0.497 e. The van der Waals surface area contributed by atoms with Gasteiger partial charge in [0.1, 0.15) is 22.3 Å². The van der Waals surface area contributed by atoms with Gasteiger partial charge in [-0.15, -0.1) is 0 Å². The van der Waals surface area contributed by atoms with E-state index in [0.29, 0.717) is 22.7 Å². The van der Waals surface area contributed by atoms with E-state index >= 15 is 0 Å². The lowest BCUT2D eigenvalue weighted by atomic mass is 10.2. The number of nitro groups is 1. The fourth-order valence-electron chi connectivity index (χ4n) is 2.28. The van der Waals surface area contributed by atoms with Crippen molar-refractivity contribution >= 4 is 29.2 Å². The van der Waals surface area contributed by atoms with Crippen LogP contribution in [0, 0.1) is 10.1 Å². The molecule has 0 spiro atoms. The van der Waals surface area contributed by atoms with E-state index in [0.717, 1.165) is 5.75 Å². The molecule has 3 rings (SSSR count). The van der Waals surface area contributed by atoms with E-state index in [1.165, 1.54) is 12.1 Å². The Balaban J connectivity index is 1.69. The summed E-state index contributed by atoms with van der Waals surface area (Å²) in [7, 11) is 1.61. The van der Waals surface area contributed by atoms with E-state index in [1.807, 2.05) is 24.3 Å². The number of methoxy groups -OCH3 is 1. The molecular formula is C20H15ClN2O4. The summed E-state index contributed by atoms with van der Waals surface area (Å²) in [6, 6.07) is 19.0. The average molecular weight is 383 g/mol. The summed E-state index contributed by atoms with van der Waals surface area (Å²) < 4.78 is 10.9. The van der Waals surface area contributed by atoms with Crippen molar-refractivity contribution in [1.29, 1.82) is 0 Å². The van der Waals surface area contributed by atoms with Crippen molar-refractivity contribution < 1.29 is 14.4 Å². The maximum absolute atomic E-state index is 10.9. The van der Waals surface area contributed by atoms with Gasteiger partial charge in [-0.25, -0.2) is 0 Å². The molecule has 0 aliphatic carbocycles. The van der Waals surface area contributed by atoms with Gasteiger partial charge in [0.15, 0.2) is 0 Å². The van der Waals surface area contributed by atoms with E-state index in [-0.39, 0.29) is 10.7 Å². The smallest absolute Gasteiger partial charge is 0.288 e. The van der Waals surface area contributed by atoms with Crippen LogP contribution in [0.4, 0.5) is 11.4 Å². The maximum Gasteiger partial charge on any atom is 0.288 e. The number of nitrogens with zero attached hydrogens (tertiary/aromatic N) is 2. The van der Waals surface area contributed by atoms with E-state index < -0.39 is 4.92 Å². The molecule has 0 fully saturated rings. The van der Waals surface area contributed by atoms with Gasteiger partial charge in [-0.3, -0.25) is 15.1 Å². The zero-order chi connectivity index (χ0) is 19.2. The number of ether oxygens (including phenoxy) is 2. The monoisotopic (exact) mass is 382 g/mol. The van der Waals surface area contributed by atoms with Gasteiger partial charge in [0.05, 0.1) is 17.7 Å². The molecule has 0 radical (unpaired) electrons. The van der Waals surface area contributed by atoms with E-state index in [2.05, 4.69) is 4.99 Å². The van der Waals surface area contributed by atoms with Gasteiger partial charge in [0, 0.05) is 12.3 Å². The van der Waals surface area contributed by atoms with Crippen LogP contribution in [0.5, 0.6) is 17.2 Å². The summed E-state index contributed by atoms with van der Waals surface area (Å²) in [5, 5.41) is 11.0. The lowest BCUT2D eigenvalue weighted by molar-refractivity contribution is -0.384. The third-order valence-electron chi connectivity index (χ3n) is 3.66. The predicted molar refractivity (Wildman–Crippen MR) is 105 cm³/mol. The molecule has 0 heterocycles.